The van der Waals surface area contributed by atoms with Gasteiger partial charge in [-0.2, -0.15) is 0 Å². The number of hydrogen-bond donors (Lipinski definition) is 1. The molecule has 0 bridgehead atoms. The highest BCUT2D eigenvalue weighted by Crippen LogP contribution is 2.30. The molecule has 0 radical (unpaired) electrons. The molecule has 94 valence electrons. The van der Waals surface area contributed by atoms with E-state index in [1.165, 1.54) is 6.07 Å². The summed E-state index contributed by atoms with van der Waals surface area (Å²) in [4.78, 5) is 10.3. The van der Waals surface area contributed by atoms with Gasteiger partial charge in [0.1, 0.15) is 0 Å². The maximum Gasteiger partial charge on any atom is 0.273 e. The van der Waals surface area contributed by atoms with Gasteiger partial charge in [0.15, 0.2) is 0 Å². The minimum Gasteiger partial charge on any atom is -0.381 e. The first-order valence-corrected chi connectivity index (χ1v) is 5.54. The van der Waals surface area contributed by atoms with Crippen molar-refractivity contribution in [3.05, 3.63) is 32.8 Å². The molecule has 0 fully saturated rings. The number of anilines is 1. The fourth-order valence-electron chi connectivity index (χ4n) is 1.34. The molecule has 1 atom stereocenters. The first-order chi connectivity index (χ1) is 7.95. The van der Waals surface area contributed by atoms with E-state index in [-0.39, 0.29) is 11.8 Å². The van der Waals surface area contributed by atoms with Gasteiger partial charge in [0, 0.05) is 25.3 Å². The summed E-state index contributed by atoms with van der Waals surface area (Å²) in [7, 11) is 1.62. The zero-order chi connectivity index (χ0) is 13.0. The quantitative estimate of drug-likeness (QED) is 0.651. The molecule has 0 heterocycles. The molecule has 0 amide bonds. The highest BCUT2D eigenvalue weighted by atomic mass is 35.5. The molecule has 1 aromatic carbocycles. The van der Waals surface area contributed by atoms with Crippen LogP contribution in [0.4, 0.5) is 11.4 Å². The van der Waals surface area contributed by atoms with Crippen LogP contribution in [-0.2, 0) is 4.74 Å². The van der Waals surface area contributed by atoms with E-state index < -0.39 is 4.92 Å². The Morgan fingerprint density at radius 2 is 2.24 bits per heavy atom. The van der Waals surface area contributed by atoms with Crippen LogP contribution in [-0.4, -0.2) is 24.7 Å². The van der Waals surface area contributed by atoms with Crippen molar-refractivity contribution in [3.8, 4) is 0 Å². The van der Waals surface area contributed by atoms with Crippen molar-refractivity contribution < 1.29 is 9.66 Å². The lowest BCUT2D eigenvalue weighted by Crippen LogP contribution is -2.18. The van der Waals surface area contributed by atoms with Gasteiger partial charge in [-0.1, -0.05) is 11.6 Å². The van der Waals surface area contributed by atoms with Crippen LogP contribution >= 0.6 is 11.6 Å². The molecule has 0 aromatic heterocycles. The topological polar surface area (TPSA) is 64.4 Å². The number of benzene rings is 1. The molecule has 17 heavy (non-hydrogen) atoms. The zero-order valence-electron chi connectivity index (χ0n) is 9.99. The van der Waals surface area contributed by atoms with Crippen molar-refractivity contribution >= 4 is 23.0 Å². The second-order valence-corrected chi connectivity index (χ2v) is 4.21. The molecule has 1 rings (SSSR count). The van der Waals surface area contributed by atoms with E-state index in [4.69, 9.17) is 16.3 Å². The second-order valence-electron chi connectivity index (χ2n) is 3.80. The monoisotopic (exact) mass is 258 g/mol. The maximum atomic E-state index is 10.7. The summed E-state index contributed by atoms with van der Waals surface area (Å²) in [6, 6.07) is 3.03. The van der Waals surface area contributed by atoms with E-state index in [9.17, 15) is 10.1 Å². The van der Waals surface area contributed by atoms with Crippen molar-refractivity contribution in [1.82, 2.24) is 0 Å². The Hall–Kier alpha value is -1.33. The Morgan fingerprint density at radius 3 is 2.76 bits per heavy atom. The number of nitro groups is 1. The Morgan fingerprint density at radius 1 is 1.59 bits per heavy atom. The number of nitrogens with zero attached hydrogens (tertiary/aromatic N) is 1. The summed E-state index contributed by atoms with van der Waals surface area (Å²) < 4.78 is 5.09. The van der Waals surface area contributed by atoms with Crippen LogP contribution in [0.1, 0.15) is 12.5 Å². The molecule has 0 aliphatic heterocycles. The number of nitrogens with one attached hydrogen (secondary N) is 1. The summed E-state index contributed by atoms with van der Waals surface area (Å²) in [6.45, 7) is 4.19. The average molecular weight is 259 g/mol. The van der Waals surface area contributed by atoms with Crippen LogP contribution < -0.4 is 5.32 Å². The van der Waals surface area contributed by atoms with Gasteiger partial charge in [0.2, 0.25) is 0 Å². The maximum absolute atomic E-state index is 10.7. The SMILES string of the molecule is COC(C)CNc1cc(C)c([N+](=O)[O-])cc1Cl. The third-order valence-electron chi connectivity index (χ3n) is 2.46. The number of halogens is 1. The van der Waals surface area contributed by atoms with Gasteiger partial charge in [-0.15, -0.1) is 0 Å². The average Bonchev–Trinajstić information content (AvgIpc) is 2.28. The van der Waals surface area contributed by atoms with Crippen molar-refractivity contribution in [1.29, 1.82) is 0 Å². The van der Waals surface area contributed by atoms with Crippen molar-refractivity contribution in [2.75, 3.05) is 19.0 Å². The lowest BCUT2D eigenvalue weighted by atomic mass is 10.2. The lowest BCUT2D eigenvalue weighted by molar-refractivity contribution is -0.385. The molecular formula is C11H15ClN2O3. The van der Waals surface area contributed by atoms with E-state index in [1.807, 2.05) is 6.92 Å². The molecule has 5 nitrogen and oxygen atoms in total. The van der Waals surface area contributed by atoms with Gasteiger partial charge < -0.3 is 10.1 Å². The first-order valence-electron chi connectivity index (χ1n) is 5.17. The molecule has 6 heteroatoms. The zero-order valence-corrected chi connectivity index (χ0v) is 10.7. The van der Waals surface area contributed by atoms with Crippen LogP contribution in [0.15, 0.2) is 12.1 Å². The summed E-state index contributed by atoms with van der Waals surface area (Å²) in [5.74, 6) is 0. The second kappa shape index (κ2) is 5.84. The van der Waals surface area contributed by atoms with Gasteiger partial charge in [0.25, 0.3) is 5.69 Å². The summed E-state index contributed by atoms with van der Waals surface area (Å²) in [5, 5.41) is 14.1. The van der Waals surface area contributed by atoms with E-state index in [2.05, 4.69) is 5.32 Å². The number of ether oxygens (including phenoxy) is 1. The normalized spacial score (nSPS) is 12.2. The van der Waals surface area contributed by atoms with E-state index in [1.54, 1.807) is 20.1 Å². The highest BCUT2D eigenvalue weighted by molar-refractivity contribution is 6.33. The number of rotatable bonds is 5. The number of hydrogen-bond acceptors (Lipinski definition) is 4. The van der Waals surface area contributed by atoms with Crippen molar-refractivity contribution in [2.45, 2.75) is 20.0 Å². The fourth-order valence-corrected chi connectivity index (χ4v) is 1.56. The first kappa shape index (κ1) is 13.7. The summed E-state index contributed by atoms with van der Waals surface area (Å²) >= 11 is 5.96. The Kier molecular flexibility index (Phi) is 4.72. The number of nitro benzene ring substituents is 1. The highest BCUT2D eigenvalue weighted by Gasteiger charge is 2.14. The Bertz CT molecular complexity index is 423. The summed E-state index contributed by atoms with van der Waals surface area (Å²) in [5.41, 5.74) is 1.28. The largest absolute Gasteiger partial charge is 0.381 e. The molecule has 0 aliphatic carbocycles. The molecular weight excluding hydrogens is 244 g/mol. The number of methoxy groups -OCH3 is 1. The van der Waals surface area contributed by atoms with Gasteiger partial charge in [-0.05, 0) is 19.9 Å². The van der Waals surface area contributed by atoms with Gasteiger partial charge in [-0.25, -0.2) is 0 Å². The van der Waals surface area contributed by atoms with Crippen molar-refractivity contribution in [2.24, 2.45) is 0 Å². The van der Waals surface area contributed by atoms with Gasteiger partial charge in [-0.3, -0.25) is 10.1 Å². The molecule has 1 unspecified atom stereocenters. The van der Waals surface area contributed by atoms with E-state index in [0.29, 0.717) is 22.8 Å². The third kappa shape index (κ3) is 3.57. The van der Waals surface area contributed by atoms with Crippen LogP contribution in [0.25, 0.3) is 0 Å². The smallest absolute Gasteiger partial charge is 0.273 e. The minimum absolute atomic E-state index is 0.0281. The van der Waals surface area contributed by atoms with Crippen molar-refractivity contribution in [3.63, 3.8) is 0 Å². The standard InChI is InChI=1S/C11H15ClN2O3/c1-7-4-10(13-6-8(2)17-3)9(12)5-11(7)14(15)16/h4-5,8,13H,6H2,1-3H3. The molecule has 0 aliphatic rings. The number of aryl methyl sites for hydroxylation is 1. The summed E-state index contributed by atoms with van der Waals surface area (Å²) in [6.07, 6.45) is 0.0431. The molecule has 1 aromatic rings. The predicted octanol–water partition coefficient (Wildman–Crippen LogP) is 3.00. The van der Waals surface area contributed by atoms with Crippen LogP contribution in [0.2, 0.25) is 5.02 Å². The third-order valence-corrected chi connectivity index (χ3v) is 2.78. The van der Waals surface area contributed by atoms with Crippen LogP contribution in [0.5, 0.6) is 0 Å². The predicted molar refractivity (Wildman–Crippen MR) is 67.8 cm³/mol. The Labute approximate surface area is 105 Å². The van der Waals surface area contributed by atoms with Crippen LogP contribution in [0.3, 0.4) is 0 Å². The van der Waals surface area contributed by atoms with E-state index in [0.717, 1.165) is 0 Å². The van der Waals surface area contributed by atoms with Gasteiger partial charge in [0.05, 0.1) is 21.7 Å². The van der Waals surface area contributed by atoms with Gasteiger partial charge >= 0.3 is 0 Å². The fraction of sp³-hybridized carbons (Fsp3) is 0.455. The lowest BCUT2D eigenvalue weighted by Gasteiger charge is -2.13. The molecule has 1 N–H and O–H groups in total. The minimum atomic E-state index is -0.442. The molecule has 0 saturated heterocycles. The van der Waals surface area contributed by atoms with Crippen LogP contribution in [0, 0.1) is 17.0 Å². The van der Waals surface area contributed by atoms with E-state index >= 15 is 0 Å². The Balaban J connectivity index is 2.88. The molecule has 0 spiro atoms. The molecule has 0 saturated carbocycles.